The molecule has 1 saturated heterocycles. The highest BCUT2D eigenvalue weighted by atomic mass is 32.2. The van der Waals surface area contributed by atoms with E-state index >= 15 is 0 Å². The third kappa shape index (κ3) is 3.15. The summed E-state index contributed by atoms with van der Waals surface area (Å²) in [5.41, 5.74) is 3.43. The summed E-state index contributed by atoms with van der Waals surface area (Å²) < 4.78 is 5.48. The lowest BCUT2D eigenvalue weighted by Gasteiger charge is -2.36. The van der Waals surface area contributed by atoms with Crippen molar-refractivity contribution in [2.75, 3.05) is 25.5 Å². The van der Waals surface area contributed by atoms with E-state index in [0.717, 1.165) is 19.8 Å². The van der Waals surface area contributed by atoms with Gasteiger partial charge in [-0.25, -0.2) is 0 Å². The van der Waals surface area contributed by atoms with E-state index in [0.29, 0.717) is 11.5 Å². The van der Waals surface area contributed by atoms with Crippen LogP contribution in [0.5, 0.6) is 0 Å². The Labute approximate surface area is 120 Å². The molecule has 0 saturated carbocycles. The first-order chi connectivity index (χ1) is 9.27. The maximum Gasteiger partial charge on any atom is 0.0471 e. The van der Waals surface area contributed by atoms with Gasteiger partial charge in [-0.1, -0.05) is 31.2 Å². The van der Waals surface area contributed by atoms with E-state index in [1.165, 1.54) is 35.5 Å². The first kappa shape index (κ1) is 13.5. The molecule has 1 aromatic rings. The topological polar surface area (TPSA) is 21.3 Å². The van der Waals surface area contributed by atoms with Gasteiger partial charge in [0.05, 0.1) is 0 Å². The molecule has 104 valence electrons. The molecule has 2 aliphatic rings. The standard InChI is InChI=1S/C16H23NOS/c1-16(6-8-18-9-7-16)12-17-15-11-19-10-13-4-2-3-5-14(13)15/h2-5,15,17H,6-12H2,1H3. The van der Waals surface area contributed by atoms with E-state index in [9.17, 15) is 0 Å². The van der Waals surface area contributed by atoms with Crippen LogP contribution in [0, 0.1) is 5.41 Å². The Morgan fingerprint density at radius 2 is 2.11 bits per heavy atom. The van der Waals surface area contributed by atoms with Crippen molar-refractivity contribution in [3.63, 3.8) is 0 Å². The molecule has 2 aliphatic heterocycles. The lowest BCUT2D eigenvalue weighted by atomic mass is 9.82. The highest BCUT2D eigenvalue weighted by Gasteiger charge is 2.29. The van der Waals surface area contributed by atoms with Gasteiger partial charge in [-0.05, 0) is 29.4 Å². The van der Waals surface area contributed by atoms with Gasteiger partial charge in [0.1, 0.15) is 0 Å². The Kier molecular flexibility index (Phi) is 4.15. The molecule has 1 unspecified atom stereocenters. The molecular formula is C16H23NOS. The molecule has 1 atom stereocenters. The molecule has 0 radical (unpaired) electrons. The molecule has 2 nitrogen and oxygen atoms in total. The number of thioether (sulfide) groups is 1. The minimum absolute atomic E-state index is 0.412. The van der Waals surface area contributed by atoms with Crippen LogP contribution in [-0.4, -0.2) is 25.5 Å². The maximum atomic E-state index is 5.48. The average molecular weight is 277 g/mol. The molecule has 1 aromatic carbocycles. The molecule has 0 aromatic heterocycles. The fraction of sp³-hybridized carbons (Fsp3) is 0.625. The van der Waals surface area contributed by atoms with Gasteiger partial charge in [0.25, 0.3) is 0 Å². The van der Waals surface area contributed by atoms with Crippen LogP contribution in [0.25, 0.3) is 0 Å². The van der Waals surface area contributed by atoms with Crippen LogP contribution in [0.2, 0.25) is 0 Å². The zero-order valence-electron chi connectivity index (χ0n) is 11.7. The van der Waals surface area contributed by atoms with E-state index < -0.39 is 0 Å². The van der Waals surface area contributed by atoms with Crippen molar-refractivity contribution in [2.45, 2.75) is 31.6 Å². The largest absolute Gasteiger partial charge is 0.381 e. The second-order valence-electron chi connectivity index (χ2n) is 6.07. The van der Waals surface area contributed by atoms with E-state index in [4.69, 9.17) is 4.74 Å². The molecule has 3 heteroatoms. The summed E-state index contributed by atoms with van der Waals surface area (Å²) in [6, 6.07) is 9.40. The predicted octanol–water partition coefficient (Wildman–Crippen LogP) is 3.38. The van der Waals surface area contributed by atoms with E-state index in [2.05, 4.69) is 36.5 Å². The smallest absolute Gasteiger partial charge is 0.0471 e. The Bertz CT molecular complexity index is 429. The van der Waals surface area contributed by atoms with Gasteiger partial charge >= 0.3 is 0 Å². The van der Waals surface area contributed by atoms with E-state index in [1.807, 2.05) is 11.8 Å². The van der Waals surface area contributed by atoms with E-state index in [1.54, 1.807) is 0 Å². The molecule has 0 spiro atoms. The first-order valence-corrected chi connectivity index (χ1v) is 8.39. The summed E-state index contributed by atoms with van der Waals surface area (Å²) in [6.45, 7) is 5.35. The second-order valence-corrected chi connectivity index (χ2v) is 7.10. The van der Waals surface area contributed by atoms with Crippen molar-refractivity contribution >= 4 is 11.8 Å². The van der Waals surface area contributed by atoms with Crippen molar-refractivity contribution in [3.8, 4) is 0 Å². The molecule has 1 fully saturated rings. The van der Waals surface area contributed by atoms with Crippen molar-refractivity contribution in [3.05, 3.63) is 35.4 Å². The third-order valence-corrected chi connectivity index (χ3v) is 5.53. The van der Waals surface area contributed by atoms with Crippen molar-refractivity contribution < 1.29 is 4.74 Å². The molecule has 0 bridgehead atoms. The number of rotatable bonds is 3. The fourth-order valence-electron chi connectivity index (χ4n) is 2.96. The molecule has 2 heterocycles. The van der Waals surface area contributed by atoms with Crippen LogP contribution in [-0.2, 0) is 10.5 Å². The number of hydrogen-bond donors (Lipinski definition) is 1. The summed E-state index contributed by atoms with van der Waals surface area (Å²) in [6.07, 6.45) is 2.36. The minimum atomic E-state index is 0.412. The number of ether oxygens (including phenoxy) is 1. The third-order valence-electron chi connectivity index (χ3n) is 4.45. The number of hydrogen-bond acceptors (Lipinski definition) is 3. The van der Waals surface area contributed by atoms with Crippen LogP contribution < -0.4 is 5.32 Å². The normalized spacial score (nSPS) is 25.8. The van der Waals surface area contributed by atoms with Crippen molar-refractivity contribution in [1.82, 2.24) is 5.32 Å². The predicted molar refractivity (Wildman–Crippen MR) is 81.5 cm³/mol. The molecule has 3 rings (SSSR count). The van der Waals surface area contributed by atoms with Gasteiger partial charge in [0, 0.05) is 37.3 Å². The summed E-state index contributed by atoms with van der Waals surface area (Å²) in [5, 5.41) is 3.81. The van der Waals surface area contributed by atoms with Gasteiger partial charge in [-0.2, -0.15) is 11.8 Å². The highest BCUT2D eigenvalue weighted by Crippen LogP contribution is 2.34. The Balaban J connectivity index is 1.64. The lowest BCUT2D eigenvalue weighted by molar-refractivity contribution is 0.0231. The minimum Gasteiger partial charge on any atom is -0.381 e. The van der Waals surface area contributed by atoms with Crippen molar-refractivity contribution in [2.24, 2.45) is 5.41 Å². The quantitative estimate of drug-likeness (QED) is 0.915. The summed E-state index contributed by atoms with van der Waals surface area (Å²) >= 11 is 2.04. The Hall–Kier alpha value is -0.510. The molecular weight excluding hydrogens is 254 g/mol. The first-order valence-electron chi connectivity index (χ1n) is 7.24. The van der Waals surface area contributed by atoms with Crippen LogP contribution in [0.3, 0.4) is 0 Å². The molecule has 0 aliphatic carbocycles. The summed E-state index contributed by atoms with van der Waals surface area (Å²) in [4.78, 5) is 0. The average Bonchev–Trinajstić information content (AvgIpc) is 2.46. The summed E-state index contributed by atoms with van der Waals surface area (Å²) in [5.74, 6) is 2.36. The fourth-order valence-corrected chi connectivity index (χ4v) is 4.10. The van der Waals surface area contributed by atoms with Gasteiger partial charge in [0.15, 0.2) is 0 Å². The van der Waals surface area contributed by atoms with Crippen LogP contribution in [0.4, 0.5) is 0 Å². The zero-order chi connectivity index (χ0) is 13.1. The zero-order valence-corrected chi connectivity index (χ0v) is 12.5. The van der Waals surface area contributed by atoms with Crippen LogP contribution in [0.1, 0.15) is 36.9 Å². The van der Waals surface area contributed by atoms with Gasteiger partial charge in [0.2, 0.25) is 0 Å². The van der Waals surface area contributed by atoms with Gasteiger partial charge in [-0.3, -0.25) is 0 Å². The van der Waals surface area contributed by atoms with Crippen LogP contribution >= 0.6 is 11.8 Å². The monoisotopic (exact) mass is 277 g/mol. The van der Waals surface area contributed by atoms with Crippen LogP contribution in [0.15, 0.2) is 24.3 Å². The number of nitrogens with one attached hydrogen (secondary N) is 1. The number of benzene rings is 1. The Morgan fingerprint density at radius 3 is 2.95 bits per heavy atom. The molecule has 19 heavy (non-hydrogen) atoms. The Morgan fingerprint density at radius 1 is 1.32 bits per heavy atom. The lowest BCUT2D eigenvalue weighted by Crippen LogP contribution is -2.39. The highest BCUT2D eigenvalue weighted by molar-refractivity contribution is 7.98. The van der Waals surface area contributed by atoms with Crippen molar-refractivity contribution in [1.29, 1.82) is 0 Å². The van der Waals surface area contributed by atoms with Gasteiger partial charge < -0.3 is 10.1 Å². The molecule has 1 N–H and O–H groups in total. The number of fused-ring (bicyclic) bond motifs is 1. The SMILES string of the molecule is CC1(CNC2CSCc3ccccc32)CCOCC1. The maximum absolute atomic E-state index is 5.48. The molecule has 0 amide bonds. The van der Waals surface area contributed by atoms with E-state index in [-0.39, 0.29) is 0 Å². The summed E-state index contributed by atoms with van der Waals surface area (Å²) in [7, 11) is 0. The van der Waals surface area contributed by atoms with Gasteiger partial charge in [-0.15, -0.1) is 0 Å². The second kappa shape index (κ2) is 5.86.